The van der Waals surface area contributed by atoms with Crippen LogP contribution in [-0.2, 0) is 0 Å². The van der Waals surface area contributed by atoms with Gasteiger partial charge in [-0.05, 0) is 47.2 Å². The molecular formula is C43H27N5. The summed E-state index contributed by atoms with van der Waals surface area (Å²) in [5, 5.41) is 7.31. The molecule has 0 spiro atoms. The smallest absolute Gasteiger partial charge is 0.238 e. The fourth-order valence-electron chi connectivity index (χ4n) is 7.23. The minimum absolute atomic E-state index is 0.588. The normalized spacial score (nSPS) is 11.8. The Hall–Kier alpha value is -6.59. The number of rotatable bonds is 4. The third-order valence-electron chi connectivity index (χ3n) is 9.36. The average molecular weight is 614 g/mol. The highest BCUT2D eigenvalue weighted by Crippen LogP contribution is 2.39. The molecule has 0 atom stereocenters. The van der Waals surface area contributed by atoms with E-state index < -0.39 is 0 Å². The summed E-state index contributed by atoms with van der Waals surface area (Å²) in [6.45, 7) is 0. The van der Waals surface area contributed by atoms with Crippen molar-refractivity contribution in [1.29, 1.82) is 0 Å². The van der Waals surface area contributed by atoms with Gasteiger partial charge in [0.1, 0.15) is 0 Å². The van der Waals surface area contributed by atoms with Gasteiger partial charge in [-0.25, -0.2) is 4.98 Å². The van der Waals surface area contributed by atoms with E-state index in [2.05, 4.69) is 112 Å². The average Bonchev–Trinajstić information content (AvgIpc) is 3.68. The third-order valence-corrected chi connectivity index (χ3v) is 9.36. The molecule has 48 heavy (non-hydrogen) atoms. The van der Waals surface area contributed by atoms with Crippen LogP contribution in [-0.4, -0.2) is 24.1 Å². The van der Waals surface area contributed by atoms with Gasteiger partial charge in [-0.3, -0.25) is 4.57 Å². The first-order valence-corrected chi connectivity index (χ1v) is 16.1. The molecule has 0 saturated carbocycles. The fraction of sp³-hybridized carbons (Fsp3) is 0. The molecule has 3 aromatic heterocycles. The zero-order chi connectivity index (χ0) is 31.6. The van der Waals surface area contributed by atoms with E-state index in [4.69, 9.17) is 15.0 Å². The second kappa shape index (κ2) is 10.5. The van der Waals surface area contributed by atoms with Gasteiger partial charge in [-0.1, -0.05) is 127 Å². The van der Waals surface area contributed by atoms with Crippen molar-refractivity contribution in [1.82, 2.24) is 24.1 Å². The number of para-hydroxylation sites is 2. The van der Waals surface area contributed by atoms with Crippen molar-refractivity contribution in [2.24, 2.45) is 0 Å². The molecule has 0 amide bonds. The van der Waals surface area contributed by atoms with E-state index in [9.17, 15) is 0 Å². The van der Waals surface area contributed by atoms with E-state index >= 15 is 0 Å². The molecule has 5 heteroatoms. The van der Waals surface area contributed by atoms with Crippen LogP contribution in [0.3, 0.4) is 0 Å². The maximum Gasteiger partial charge on any atom is 0.238 e. The fourth-order valence-corrected chi connectivity index (χ4v) is 7.23. The summed E-state index contributed by atoms with van der Waals surface area (Å²) >= 11 is 0. The quantitative estimate of drug-likeness (QED) is 0.198. The first-order valence-electron chi connectivity index (χ1n) is 16.1. The van der Waals surface area contributed by atoms with Crippen LogP contribution in [0.2, 0.25) is 0 Å². The Bertz CT molecular complexity index is 2770. The molecule has 0 fully saturated rings. The van der Waals surface area contributed by atoms with Gasteiger partial charge in [-0.15, -0.1) is 0 Å². The van der Waals surface area contributed by atoms with Gasteiger partial charge in [0.15, 0.2) is 11.6 Å². The second-order valence-electron chi connectivity index (χ2n) is 12.1. The van der Waals surface area contributed by atoms with Crippen LogP contribution in [0.4, 0.5) is 0 Å². The van der Waals surface area contributed by atoms with E-state index in [0.29, 0.717) is 17.6 Å². The maximum atomic E-state index is 5.09. The molecule has 0 radical (unpaired) electrons. The molecule has 7 aromatic carbocycles. The number of hydrogen-bond donors (Lipinski definition) is 0. The molecule has 10 aromatic rings. The van der Waals surface area contributed by atoms with E-state index in [1.54, 1.807) is 0 Å². The van der Waals surface area contributed by atoms with Crippen LogP contribution in [0.5, 0.6) is 0 Å². The molecule has 0 aliphatic carbocycles. The zero-order valence-corrected chi connectivity index (χ0v) is 25.8. The Balaban J connectivity index is 1.25. The topological polar surface area (TPSA) is 48.5 Å². The van der Waals surface area contributed by atoms with Gasteiger partial charge >= 0.3 is 0 Å². The van der Waals surface area contributed by atoms with E-state index in [1.807, 2.05) is 60.7 Å². The van der Waals surface area contributed by atoms with Crippen LogP contribution in [0, 0.1) is 0 Å². The van der Waals surface area contributed by atoms with E-state index in [-0.39, 0.29) is 0 Å². The molecule has 0 saturated heterocycles. The predicted octanol–water partition coefficient (Wildman–Crippen LogP) is 10.6. The lowest BCUT2D eigenvalue weighted by Crippen LogP contribution is -2.06. The molecule has 5 nitrogen and oxygen atoms in total. The molecule has 0 aliphatic heterocycles. The number of aromatic nitrogens is 5. The Morgan fingerprint density at radius 1 is 0.354 bits per heavy atom. The van der Waals surface area contributed by atoms with E-state index in [0.717, 1.165) is 38.6 Å². The van der Waals surface area contributed by atoms with Gasteiger partial charge in [0, 0.05) is 38.4 Å². The SMILES string of the molecule is c1ccc(-c2nc(-c3ccccc3)nc(-n3c4ccccc4c4cc(-n5c6ccccc6c6c7ccccc7ccc65)ccc43)n2)cc1. The van der Waals surface area contributed by atoms with Crippen molar-refractivity contribution >= 4 is 54.4 Å². The molecule has 10 rings (SSSR count). The number of hydrogen-bond acceptors (Lipinski definition) is 3. The van der Waals surface area contributed by atoms with Crippen molar-refractivity contribution in [2.45, 2.75) is 0 Å². The maximum absolute atomic E-state index is 5.09. The highest BCUT2D eigenvalue weighted by Gasteiger charge is 2.20. The van der Waals surface area contributed by atoms with Crippen LogP contribution >= 0.6 is 0 Å². The molecule has 0 aliphatic rings. The largest absolute Gasteiger partial charge is 0.309 e. The Morgan fingerprint density at radius 3 is 1.60 bits per heavy atom. The Labute approximate surface area is 276 Å². The third kappa shape index (κ3) is 4.01. The summed E-state index contributed by atoms with van der Waals surface area (Å²) in [5.74, 6) is 1.86. The standard InChI is InChI=1S/C43H27N5/c1-3-14-29(15-4-1)41-44-42(30-16-5-2-6-17-30)46-43(45-41)48-36-21-11-9-19-33(36)35-27-31(24-26-38(35)48)47-37-22-12-10-20-34(37)40-32-18-8-7-13-28(32)23-25-39(40)47/h1-27H. The zero-order valence-electron chi connectivity index (χ0n) is 25.8. The molecule has 3 heterocycles. The van der Waals surface area contributed by atoms with Gasteiger partial charge in [0.25, 0.3) is 0 Å². The minimum Gasteiger partial charge on any atom is -0.309 e. The molecule has 224 valence electrons. The van der Waals surface area contributed by atoms with Gasteiger partial charge in [0.2, 0.25) is 5.95 Å². The van der Waals surface area contributed by atoms with Crippen molar-refractivity contribution in [3.05, 3.63) is 164 Å². The summed E-state index contributed by atoms with van der Waals surface area (Å²) < 4.78 is 4.57. The van der Waals surface area contributed by atoms with Crippen LogP contribution < -0.4 is 0 Å². The summed E-state index contributed by atoms with van der Waals surface area (Å²) in [6, 6.07) is 57.4. The highest BCUT2D eigenvalue weighted by atomic mass is 15.2. The Kier molecular flexibility index (Phi) is 5.81. The molecule has 0 N–H and O–H groups in total. The van der Waals surface area contributed by atoms with Crippen molar-refractivity contribution in [2.75, 3.05) is 0 Å². The van der Waals surface area contributed by atoms with Crippen LogP contribution in [0.1, 0.15) is 0 Å². The van der Waals surface area contributed by atoms with Crippen LogP contribution in [0.15, 0.2) is 164 Å². The lowest BCUT2D eigenvalue weighted by atomic mass is 10.0. The minimum atomic E-state index is 0.588. The predicted molar refractivity (Wildman–Crippen MR) is 197 cm³/mol. The summed E-state index contributed by atoms with van der Waals surface area (Å²) in [7, 11) is 0. The molecular weight excluding hydrogens is 587 g/mol. The monoisotopic (exact) mass is 613 g/mol. The number of fused-ring (bicyclic) bond motifs is 8. The van der Waals surface area contributed by atoms with Crippen LogP contribution in [0.25, 0.3) is 88.8 Å². The van der Waals surface area contributed by atoms with Gasteiger partial charge in [0.05, 0.1) is 22.1 Å². The molecule has 0 unspecified atom stereocenters. The summed E-state index contributed by atoms with van der Waals surface area (Å²) in [6.07, 6.45) is 0. The Morgan fingerprint density at radius 2 is 0.896 bits per heavy atom. The first kappa shape index (κ1) is 26.6. The first-order chi connectivity index (χ1) is 23.8. The van der Waals surface area contributed by atoms with Gasteiger partial charge in [-0.2, -0.15) is 9.97 Å². The lowest BCUT2D eigenvalue weighted by molar-refractivity contribution is 0.953. The molecule has 0 bridgehead atoms. The lowest BCUT2D eigenvalue weighted by Gasteiger charge is -2.12. The van der Waals surface area contributed by atoms with Crippen molar-refractivity contribution in [3.8, 4) is 34.4 Å². The summed E-state index contributed by atoms with van der Waals surface area (Å²) in [4.78, 5) is 15.1. The van der Waals surface area contributed by atoms with Crippen molar-refractivity contribution in [3.63, 3.8) is 0 Å². The number of nitrogens with zero attached hydrogens (tertiary/aromatic N) is 5. The van der Waals surface area contributed by atoms with Gasteiger partial charge < -0.3 is 4.57 Å². The highest BCUT2D eigenvalue weighted by molar-refractivity contribution is 6.21. The number of benzene rings is 7. The summed E-state index contributed by atoms with van der Waals surface area (Å²) in [5.41, 5.74) is 7.45. The van der Waals surface area contributed by atoms with Crippen molar-refractivity contribution < 1.29 is 0 Å². The van der Waals surface area contributed by atoms with E-state index in [1.165, 1.54) is 32.6 Å². The second-order valence-corrected chi connectivity index (χ2v) is 12.1.